The molecule has 1 atom stereocenters. The Hall–Kier alpha value is -1.88. The molecule has 2 aliphatic heterocycles. The first-order valence-corrected chi connectivity index (χ1v) is 8.12. The zero-order chi connectivity index (χ0) is 15.4. The van der Waals surface area contributed by atoms with Gasteiger partial charge in [0, 0.05) is 31.7 Å². The molecule has 2 aliphatic rings. The predicted octanol–water partition coefficient (Wildman–Crippen LogP) is 1.11. The van der Waals surface area contributed by atoms with Crippen LogP contribution in [0.3, 0.4) is 0 Å². The second-order valence-corrected chi connectivity index (χ2v) is 5.99. The fraction of sp³-hybridized carbons (Fsp3) is 0.529. The molecule has 0 unspecified atom stereocenters. The van der Waals surface area contributed by atoms with E-state index in [1.807, 2.05) is 40.1 Å². The zero-order valence-electron chi connectivity index (χ0n) is 12.8. The third-order valence-electron chi connectivity index (χ3n) is 4.51. The summed E-state index contributed by atoms with van der Waals surface area (Å²) in [5.41, 5.74) is 0.719. The van der Waals surface area contributed by atoms with Crippen LogP contribution in [0, 0.1) is 0 Å². The molecule has 1 N–H and O–H groups in total. The summed E-state index contributed by atoms with van der Waals surface area (Å²) in [5, 5.41) is 3.30. The number of hydrogen-bond donors (Lipinski definition) is 1. The Labute approximate surface area is 131 Å². The predicted molar refractivity (Wildman–Crippen MR) is 84.6 cm³/mol. The van der Waals surface area contributed by atoms with E-state index >= 15 is 0 Å². The molecule has 118 valence electrons. The first-order valence-electron chi connectivity index (χ1n) is 8.12. The molecule has 0 spiro atoms. The van der Waals surface area contributed by atoms with Crippen molar-refractivity contribution >= 4 is 11.8 Å². The van der Waals surface area contributed by atoms with E-state index in [4.69, 9.17) is 0 Å². The van der Waals surface area contributed by atoms with Gasteiger partial charge in [-0.2, -0.15) is 0 Å². The van der Waals surface area contributed by atoms with Gasteiger partial charge >= 0.3 is 0 Å². The van der Waals surface area contributed by atoms with Crippen LogP contribution in [-0.4, -0.2) is 60.4 Å². The number of nitrogens with zero attached hydrogens (tertiary/aromatic N) is 2. The topological polar surface area (TPSA) is 52.7 Å². The third-order valence-corrected chi connectivity index (χ3v) is 4.51. The summed E-state index contributed by atoms with van der Waals surface area (Å²) in [4.78, 5) is 28.6. The maximum atomic E-state index is 12.5. The second kappa shape index (κ2) is 6.92. The number of carbonyl (C=O) groups is 2. The van der Waals surface area contributed by atoms with Gasteiger partial charge in [0.05, 0.1) is 6.04 Å². The summed E-state index contributed by atoms with van der Waals surface area (Å²) < 4.78 is 0. The van der Waals surface area contributed by atoms with Gasteiger partial charge in [0.2, 0.25) is 5.91 Å². The molecule has 2 saturated heterocycles. The van der Waals surface area contributed by atoms with Crippen LogP contribution in [-0.2, 0) is 4.79 Å². The molecule has 0 saturated carbocycles. The van der Waals surface area contributed by atoms with Crippen molar-refractivity contribution in [1.29, 1.82) is 0 Å². The van der Waals surface area contributed by atoms with Gasteiger partial charge in [-0.1, -0.05) is 24.6 Å². The number of carbonyl (C=O) groups excluding carboxylic acids is 2. The standard InChI is InChI=1S/C17H23N3O2/c21-16(14-6-2-1-3-7-14)19-10-12-20(13-11-19)17(22)15-8-4-5-9-18-15/h1-3,6-7,15,18H,4-5,8-13H2/t15-/m0/s1. The summed E-state index contributed by atoms with van der Waals surface area (Å²) >= 11 is 0. The van der Waals surface area contributed by atoms with Gasteiger partial charge in [-0.15, -0.1) is 0 Å². The summed E-state index contributed by atoms with van der Waals surface area (Å²) in [7, 11) is 0. The lowest BCUT2D eigenvalue weighted by molar-refractivity contribution is -0.135. The Morgan fingerprint density at radius 3 is 2.27 bits per heavy atom. The number of benzene rings is 1. The summed E-state index contributed by atoms with van der Waals surface area (Å²) in [6, 6.07) is 9.32. The second-order valence-electron chi connectivity index (χ2n) is 5.99. The average molecular weight is 301 g/mol. The van der Waals surface area contributed by atoms with E-state index in [0.717, 1.165) is 31.4 Å². The molecule has 1 aromatic carbocycles. The number of amides is 2. The van der Waals surface area contributed by atoms with Crippen molar-refractivity contribution in [3.05, 3.63) is 35.9 Å². The van der Waals surface area contributed by atoms with Crippen LogP contribution in [0.4, 0.5) is 0 Å². The Balaban J connectivity index is 1.54. The number of rotatable bonds is 2. The summed E-state index contributed by atoms with van der Waals surface area (Å²) in [5.74, 6) is 0.259. The molecular weight excluding hydrogens is 278 g/mol. The maximum absolute atomic E-state index is 12.5. The lowest BCUT2D eigenvalue weighted by atomic mass is 10.0. The molecular formula is C17H23N3O2. The molecule has 0 bridgehead atoms. The lowest BCUT2D eigenvalue weighted by Gasteiger charge is -2.37. The van der Waals surface area contributed by atoms with Crippen LogP contribution in [0.2, 0.25) is 0 Å². The maximum Gasteiger partial charge on any atom is 0.253 e. The third kappa shape index (κ3) is 3.30. The van der Waals surface area contributed by atoms with Crippen LogP contribution in [0.25, 0.3) is 0 Å². The van der Waals surface area contributed by atoms with Gasteiger partial charge < -0.3 is 15.1 Å². The first-order chi connectivity index (χ1) is 10.8. The van der Waals surface area contributed by atoms with E-state index in [2.05, 4.69) is 5.32 Å². The molecule has 0 aliphatic carbocycles. The smallest absolute Gasteiger partial charge is 0.253 e. The van der Waals surface area contributed by atoms with Crippen molar-refractivity contribution in [3.8, 4) is 0 Å². The van der Waals surface area contributed by atoms with Crippen LogP contribution in [0.5, 0.6) is 0 Å². The Morgan fingerprint density at radius 2 is 1.64 bits per heavy atom. The van der Waals surface area contributed by atoms with Crippen molar-refractivity contribution < 1.29 is 9.59 Å². The van der Waals surface area contributed by atoms with Gasteiger partial charge in [0.1, 0.15) is 0 Å². The number of piperazine rings is 1. The van der Waals surface area contributed by atoms with Crippen molar-refractivity contribution in [2.24, 2.45) is 0 Å². The lowest BCUT2D eigenvalue weighted by Crippen LogP contribution is -2.55. The SMILES string of the molecule is O=C(c1ccccc1)N1CCN(C(=O)[C@@H]2CCCCN2)CC1. The van der Waals surface area contributed by atoms with Crippen molar-refractivity contribution in [2.75, 3.05) is 32.7 Å². The fourth-order valence-electron chi connectivity index (χ4n) is 3.18. The molecule has 5 heteroatoms. The van der Waals surface area contributed by atoms with Gasteiger partial charge in [0.25, 0.3) is 5.91 Å². The van der Waals surface area contributed by atoms with Gasteiger partial charge in [0.15, 0.2) is 0 Å². The molecule has 2 fully saturated rings. The largest absolute Gasteiger partial charge is 0.338 e. The molecule has 5 nitrogen and oxygen atoms in total. The highest BCUT2D eigenvalue weighted by molar-refractivity contribution is 5.94. The molecule has 3 rings (SSSR count). The highest BCUT2D eigenvalue weighted by Crippen LogP contribution is 2.13. The highest BCUT2D eigenvalue weighted by Gasteiger charge is 2.29. The van der Waals surface area contributed by atoms with Gasteiger partial charge in [-0.05, 0) is 31.5 Å². The highest BCUT2D eigenvalue weighted by atomic mass is 16.2. The molecule has 2 heterocycles. The minimum absolute atomic E-state index is 0.0230. The number of hydrogen-bond acceptors (Lipinski definition) is 3. The van der Waals surface area contributed by atoms with Crippen molar-refractivity contribution in [1.82, 2.24) is 15.1 Å². The monoisotopic (exact) mass is 301 g/mol. The molecule has 1 aromatic rings. The fourth-order valence-corrected chi connectivity index (χ4v) is 3.18. The van der Waals surface area contributed by atoms with E-state index in [-0.39, 0.29) is 17.9 Å². The summed E-state index contributed by atoms with van der Waals surface area (Å²) in [6.45, 7) is 3.44. The Morgan fingerprint density at radius 1 is 0.955 bits per heavy atom. The molecule has 22 heavy (non-hydrogen) atoms. The van der Waals surface area contributed by atoms with Crippen LogP contribution < -0.4 is 5.32 Å². The normalized spacial score (nSPS) is 22.5. The Kier molecular flexibility index (Phi) is 4.73. The minimum Gasteiger partial charge on any atom is -0.338 e. The zero-order valence-corrected chi connectivity index (χ0v) is 12.8. The average Bonchev–Trinajstić information content (AvgIpc) is 2.62. The van der Waals surface area contributed by atoms with Crippen molar-refractivity contribution in [3.63, 3.8) is 0 Å². The van der Waals surface area contributed by atoms with Crippen LogP contribution in [0.1, 0.15) is 29.6 Å². The van der Waals surface area contributed by atoms with E-state index in [1.54, 1.807) is 0 Å². The van der Waals surface area contributed by atoms with E-state index in [9.17, 15) is 9.59 Å². The minimum atomic E-state index is -0.0230. The van der Waals surface area contributed by atoms with E-state index < -0.39 is 0 Å². The molecule has 2 amide bonds. The van der Waals surface area contributed by atoms with Crippen molar-refractivity contribution in [2.45, 2.75) is 25.3 Å². The quantitative estimate of drug-likeness (QED) is 0.890. The Bertz CT molecular complexity index is 518. The molecule has 0 aromatic heterocycles. The first kappa shape index (κ1) is 15.0. The van der Waals surface area contributed by atoms with E-state index in [1.165, 1.54) is 0 Å². The number of nitrogens with one attached hydrogen (secondary N) is 1. The van der Waals surface area contributed by atoms with Crippen LogP contribution in [0.15, 0.2) is 30.3 Å². The van der Waals surface area contributed by atoms with Gasteiger partial charge in [-0.25, -0.2) is 0 Å². The number of piperidine rings is 1. The van der Waals surface area contributed by atoms with Crippen LogP contribution >= 0.6 is 0 Å². The van der Waals surface area contributed by atoms with E-state index in [0.29, 0.717) is 26.2 Å². The summed E-state index contributed by atoms with van der Waals surface area (Å²) in [6.07, 6.45) is 3.21. The van der Waals surface area contributed by atoms with Gasteiger partial charge in [-0.3, -0.25) is 9.59 Å². The molecule has 0 radical (unpaired) electrons.